The Labute approximate surface area is 194 Å². The Bertz CT molecular complexity index is 932. The Morgan fingerprint density at radius 2 is 1.61 bits per heavy atom. The van der Waals surface area contributed by atoms with E-state index in [-0.39, 0.29) is 49.7 Å². The van der Waals surface area contributed by atoms with Gasteiger partial charge in [-0.15, -0.1) is 0 Å². The highest BCUT2D eigenvalue weighted by Crippen LogP contribution is 2.40. The summed E-state index contributed by atoms with van der Waals surface area (Å²) in [7, 11) is 1.48. The third-order valence-corrected chi connectivity index (χ3v) is 6.62. The van der Waals surface area contributed by atoms with Gasteiger partial charge in [0, 0.05) is 31.4 Å². The molecule has 2 saturated heterocycles. The minimum absolute atomic E-state index is 0.231. The summed E-state index contributed by atoms with van der Waals surface area (Å²) >= 11 is 0. The molecule has 0 aromatic heterocycles. The number of carbonyl (C=O) groups is 4. The molecule has 0 unspecified atom stereocenters. The van der Waals surface area contributed by atoms with Crippen LogP contribution >= 0.6 is 0 Å². The second kappa shape index (κ2) is 8.68. The van der Waals surface area contributed by atoms with Gasteiger partial charge in [0.1, 0.15) is 11.6 Å². The number of amides is 5. The number of para-hydroxylation sites is 1. The second-order valence-corrected chi connectivity index (χ2v) is 10.2. The van der Waals surface area contributed by atoms with E-state index in [1.54, 1.807) is 42.7 Å². The predicted molar refractivity (Wildman–Crippen MR) is 124 cm³/mol. The van der Waals surface area contributed by atoms with Crippen LogP contribution in [0.4, 0.5) is 15.3 Å². The van der Waals surface area contributed by atoms with E-state index in [1.807, 2.05) is 32.0 Å². The zero-order valence-electron chi connectivity index (χ0n) is 20.2. The molecular weight excluding hydrogens is 424 g/mol. The second-order valence-electron chi connectivity index (χ2n) is 10.2. The van der Waals surface area contributed by atoms with Gasteiger partial charge in [0.05, 0.1) is 0 Å². The lowest BCUT2D eigenvalue weighted by molar-refractivity contribution is -0.143. The average Bonchev–Trinajstić information content (AvgIpc) is 2.92. The minimum Gasteiger partial charge on any atom is -0.465 e. The summed E-state index contributed by atoms with van der Waals surface area (Å²) in [5.74, 6) is -0.773. The summed E-state index contributed by atoms with van der Waals surface area (Å²) in [6, 6.07) is 7.86. The summed E-state index contributed by atoms with van der Waals surface area (Å²) in [5, 5.41) is 9.86. The standard InChI is InChI=1S/C24H34N4O5/c1-16(2)18(28(22(32)33)23(3,4)5)19(29)26-14-12-24(13-15-26)20(30)25(6)21(31)27(24)17-10-8-7-9-11-17/h7-11,16,18H,12-15H2,1-6H3,(H,32,33)/t18-/m1/s1. The molecule has 2 fully saturated rings. The van der Waals surface area contributed by atoms with Gasteiger partial charge >= 0.3 is 12.1 Å². The topological polar surface area (TPSA) is 101 Å². The molecule has 2 aliphatic heterocycles. The molecule has 1 atom stereocenters. The van der Waals surface area contributed by atoms with E-state index in [2.05, 4.69) is 0 Å². The van der Waals surface area contributed by atoms with Gasteiger partial charge in [-0.3, -0.25) is 24.3 Å². The van der Waals surface area contributed by atoms with Crippen molar-refractivity contribution < 1.29 is 24.3 Å². The van der Waals surface area contributed by atoms with Gasteiger partial charge in [0.2, 0.25) is 5.91 Å². The number of carbonyl (C=O) groups excluding carboxylic acids is 3. The molecular formula is C24H34N4O5. The number of piperidine rings is 1. The highest BCUT2D eigenvalue weighted by Gasteiger charge is 2.58. The van der Waals surface area contributed by atoms with Crippen molar-refractivity contribution in [3.05, 3.63) is 30.3 Å². The lowest BCUT2D eigenvalue weighted by atomic mass is 9.84. The van der Waals surface area contributed by atoms with Gasteiger partial charge in [-0.2, -0.15) is 0 Å². The SMILES string of the molecule is CC(C)[C@H](C(=O)N1CCC2(CC1)C(=O)N(C)C(=O)N2c1ccccc1)N(C(=O)O)C(C)(C)C. The van der Waals surface area contributed by atoms with Gasteiger partial charge in [0.25, 0.3) is 5.91 Å². The van der Waals surface area contributed by atoms with E-state index < -0.39 is 23.2 Å². The van der Waals surface area contributed by atoms with Crippen LogP contribution in [0.5, 0.6) is 0 Å². The number of anilines is 1. The average molecular weight is 459 g/mol. The molecule has 1 N–H and O–H groups in total. The molecule has 0 bridgehead atoms. The van der Waals surface area contributed by atoms with E-state index in [0.717, 1.165) is 4.90 Å². The largest absolute Gasteiger partial charge is 0.465 e. The maximum Gasteiger partial charge on any atom is 0.408 e. The van der Waals surface area contributed by atoms with Gasteiger partial charge < -0.3 is 10.0 Å². The maximum absolute atomic E-state index is 13.5. The van der Waals surface area contributed by atoms with Crippen LogP contribution in [0.3, 0.4) is 0 Å². The number of nitrogens with zero attached hydrogens (tertiary/aromatic N) is 4. The van der Waals surface area contributed by atoms with Gasteiger partial charge in [-0.25, -0.2) is 9.59 Å². The number of benzene rings is 1. The van der Waals surface area contributed by atoms with Crippen LogP contribution in [-0.4, -0.2) is 81.0 Å². The summed E-state index contributed by atoms with van der Waals surface area (Å²) in [6.07, 6.45) is -0.567. The Morgan fingerprint density at radius 3 is 2.06 bits per heavy atom. The number of rotatable bonds is 4. The van der Waals surface area contributed by atoms with E-state index in [1.165, 1.54) is 11.9 Å². The monoisotopic (exact) mass is 458 g/mol. The fourth-order valence-electron chi connectivity index (χ4n) is 5.00. The molecule has 0 aliphatic carbocycles. The smallest absolute Gasteiger partial charge is 0.408 e. The summed E-state index contributed by atoms with van der Waals surface area (Å²) < 4.78 is 0. The molecule has 0 radical (unpaired) electrons. The van der Waals surface area contributed by atoms with Gasteiger partial charge in [-0.1, -0.05) is 32.0 Å². The van der Waals surface area contributed by atoms with Crippen LogP contribution in [0.2, 0.25) is 0 Å². The molecule has 0 saturated carbocycles. The number of hydrogen-bond acceptors (Lipinski definition) is 4. The summed E-state index contributed by atoms with van der Waals surface area (Å²) in [6.45, 7) is 9.50. The third kappa shape index (κ3) is 4.16. The summed E-state index contributed by atoms with van der Waals surface area (Å²) in [5.41, 5.74) is -1.16. The predicted octanol–water partition coefficient (Wildman–Crippen LogP) is 3.25. The highest BCUT2D eigenvalue weighted by atomic mass is 16.4. The third-order valence-electron chi connectivity index (χ3n) is 6.62. The Balaban J connectivity index is 1.88. The van der Waals surface area contributed by atoms with Crippen molar-refractivity contribution in [2.45, 2.75) is 64.6 Å². The first-order valence-electron chi connectivity index (χ1n) is 11.3. The number of imide groups is 1. The van der Waals surface area contributed by atoms with Gasteiger partial charge in [-0.05, 0) is 51.7 Å². The van der Waals surface area contributed by atoms with Crippen molar-refractivity contribution in [1.29, 1.82) is 0 Å². The molecule has 1 spiro atoms. The van der Waals surface area contributed by atoms with Crippen molar-refractivity contribution in [1.82, 2.24) is 14.7 Å². The molecule has 2 heterocycles. The first kappa shape index (κ1) is 24.5. The lowest BCUT2D eigenvalue weighted by Gasteiger charge is -2.46. The molecule has 2 aliphatic rings. The van der Waals surface area contributed by atoms with Crippen molar-refractivity contribution in [2.75, 3.05) is 25.0 Å². The van der Waals surface area contributed by atoms with Crippen LogP contribution < -0.4 is 4.90 Å². The van der Waals surface area contributed by atoms with E-state index in [0.29, 0.717) is 5.69 Å². The van der Waals surface area contributed by atoms with Crippen molar-refractivity contribution in [3.63, 3.8) is 0 Å². The number of hydrogen-bond donors (Lipinski definition) is 1. The highest BCUT2D eigenvalue weighted by molar-refractivity contribution is 6.16. The van der Waals surface area contributed by atoms with Crippen LogP contribution in [0.25, 0.3) is 0 Å². The van der Waals surface area contributed by atoms with Crippen molar-refractivity contribution in [3.8, 4) is 0 Å². The van der Waals surface area contributed by atoms with Crippen LogP contribution in [-0.2, 0) is 9.59 Å². The number of carboxylic acid groups (broad SMARTS) is 1. The first-order chi connectivity index (χ1) is 15.3. The van der Waals surface area contributed by atoms with Crippen LogP contribution in [0.1, 0.15) is 47.5 Å². The molecule has 1 aromatic carbocycles. The molecule has 33 heavy (non-hydrogen) atoms. The van der Waals surface area contributed by atoms with Crippen LogP contribution in [0.15, 0.2) is 30.3 Å². The Kier molecular flexibility index (Phi) is 6.46. The lowest BCUT2D eigenvalue weighted by Crippen LogP contribution is -2.63. The van der Waals surface area contributed by atoms with E-state index in [4.69, 9.17) is 0 Å². The molecule has 180 valence electrons. The fraction of sp³-hybridized carbons (Fsp3) is 0.583. The van der Waals surface area contributed by atoms with Crippen molar-refractivity contribution in [2.24, 2.45) is 5.92 Å². The van der Waals surface area contributed by atoms with Crippen LogP contribution in [0, 0.1) is 5.92 Å². The van der Waals surface area contributed by atoms with E-state index in [9.17, 15) is 24.3 Å². The molecule has 9 nitrogen and oxygen atoms in total. The molecule has 9 heteroatoms. The molecule has 5 amide bonds. The number of likely N-dealkylation sites (N-methyl/N-ethyl adjacent to an activating group) is 1. The fourth-order valence-corrected chi connectivity index (χ4v) is 5.00. The first-order valence-corrected chi connectivity index (χ1v) is 11.3. The molecule has 3 rings (SSSR count). The maximum atomic E-state index is 13.5. The Morgan fingerprint density at radius 1 is 1.06 bits per heavy atom. The number of urea groups is 1. The Hall–Kier alpha value is -3.10. The summed E-state index contributed by atoms with van der Waals surface area (Å²) in [4.78, 5) is 57.3. The van der Waals surface area contributed by atoms with Crippen molar-refractivity contribution >= 4 is 29.6 Å². The zero-order chi connectivity index (χ0) is 24.7. The van der Waals surface area contributed by atoms with Gasteiger partial charge in [0.15, 0.2) is 0 Å². The van der Waals surface area contributed by atoms with E-state index >= 15 is 0 Å². The zero-order valence-corrected chi connectivity index (χ0v) is 20.2. The normalized spacial score (nSPS) is 19.4. The quantitative estimate of drug-likeness (QED) is 0.698. The minimum atomic E-state index is -1.14. The number of likely N-dealkylation sites (tertiary alicyclic amines) is 1. The molecule has 1 aromatic rings.